The fraction of sp³-hybridized carbons (Fsp3) is 1.00. The second-order valence-electron chi connectivity index (χ2n) is 6.97. The first-order valence-corrected chi connectivity index (χ1v) is 9.57. The highest BCUT2D eigenvalue weighted by atomic mass is 14.9. The zero-order chi connectivity index (χ0) is 14.5. The van der Waals surface area contributed by atoms with Crippen molar-refractivity contribution in [2.24, 2.45) is 11.8 Å². The minimum Gasteiger partial charge on any atom is -0.316 e. The molecule has 0 unspecified atom stereocenters. The summed E-state index contributed by atoms with van der Waals surface area (Å²) < 4.78 is 0. The Morgan fingerprint density at radius 3 is 1.85 bits per heavy atom. The topological polar surface area (TPSA) is 12.0 Å². The molecular formula is C19H39N. The molecule has 1 aliphatic carbocycles. The molecule has 0 radical (unpaired) electrons. The van der Waals surface area contributed by atoms with E-state index < -0.39 is 0 Å². The number of rotatable bonds is 12. The highest BCUT2D eigenvalue weighted by Gasteiger charge is 2.19. The molecule has 0 heterocycles. The second-order valence-corrected chi connectivity index (χ2v) is 6.97. The number of hydrogen-bond acceptors (Lipinski definition) is 1. The van der Waals surface area contributed by atoms with Crippen LogP contribution in [0.25, 0.3) is 0 Å². The number of unbranched alkanes of at least 4 members (excludes halogenated alkanes) is 7. The predicted octanol–water partition coefficient (Wildman–Crippen LogP) is 5.93. The van der Waals surface area contributed by atoms with E-state index in [9.17, 15) is 0 Å². The summed E-state index contributed by atoms with van der Waals surface area (Å²) in [4.78, 5) is 0. The average molecular weight is 282 g/mol. The normalized spacial score (nSPS) is 23.1. The van der Waals surface area contributed by atoms with Gasteiger partial charge >= 0.3 is 0 Å². The molecule has 120 valence electrons. The summed E-state index contributed by atoms with van der Waals surface area (Å²) in [6, 6.07) is 0. The van der Waals surface area contributed by atoms with Gasteiger partial charge in [0.15, 0.2) is 0 Å². The quantitative estimate of drug-likeness (QED) is 0.437. The maximum atomic E-state index is 3.70. The Bertz CT molecular complexity index is 194. The number of nitrogens with one attached hydrogen (secondary N) is 1. The molecule has 0 saturated heterocycles. The van der Waals surface area contributed by atoms with Crippen molar-refractivity contribution in [3.05, 3.63) is 0 Å². The van der Waals surface area contributed by atoms with E-state index in [0.717, 1.165) is 11.8 Å². The lowest BCUT2D eigenvalue weighted by atomic mass is 9.81. The van der Waals surface area contributed by atoms with Crippen molar-refractivity contribution >= 4 is 0 Å². The molecule has 0 amide bonds. The van der Waals surface area contributed by atoms with Gasteiger partial charge in [0.2, 0.25) is 0 Å². The average Bonchev–Trinajstić information content (AvgIpc) is 2.50. The minimum absolute atomic E-state index is 0.979. The first-order chi connectivity index (χ1) is 9.86. The van der Waals surface area contributed by atoms with Gasteiger partial charge in [-0.25, -0.2) is 0 Å². The molecule has 0 aromatic rings. The van der Waals surface area contributed by atoms with Crippen LogP contribution in [0, 0.1) is 11.8 Å². The van der Waals surface area contributed by atoms with E-state index in [0.29, 0.717) is 0 Å². The van der Waals surface area contributed by atoms with Crippen LogP contribution in [-0.2, 0) is 0 Å². The van der Waals surface area contributed by atoms with Crippen molar-refractivity contribution in [1.82, 2.24) is 5.32 Å². The maximum Gasteiger partial charge on any atom is -0.00205 e. The molecule has 1 N–H and O–H groups in total. The van der Waals surface area contributed by atoms with Crippen LogP contribution < -0.4 is 5.32 Å². The van der Waals surface area contributed by atoms with E-state index in [4.69, 9.17) is 0 Å². The monoisotopic (exact) mass is 281 g/mol. The molecule has 1 fully saturated rings. The van der Waals surface area contributed by atoms with Gasteiger partial charge < -0.3 is 5.32 Å². The molecular weight excluding hydrogens is 242 g/mol. The summed E-state index contributed by atoms with van der Waals surface area (Å²) in [5.41, 5.74) is 0. The molecule has 1 aliphatic rings. The van der Waals surface area contributed by atoms with Gasteiger partial charge in [0.1, 0.15) is 0 Å². The van der Waals surface area contributed by atoms with E-state index in [1.807, 2.05) is 0 Å². The van der Waals surface area contributed by atoms with Gasteiger partial charge in [-0.05, 0) is 44.2 Å². The first kappa shape index (κ1) is 18.0. The second kappa shape index (κ2) is 12.7. The van der Waals surface area contributed by atoms with Crippen molar-refractivity contribution in [2.45, 2.75) is 97.3 Å². The molecule has 1 rings (SSSR count). The Kier molecular flexibility index (Phi) is 11.4. The van der Waals surface area contributed by atoms with Gasteiger partial charge in [0, 0.05) is 0 Å². The number of hydrogen-bond donors (Lipinski definition) is 1. The standard InChI is InChI=1S/C19H39N/c1-3-5-6-7-8-9-10-11-16-20-17-19-14-12-18(4-2)13-15-19/h18-20H,3-17H2,1-2H3. The molecule has 1 nitrogen and oxygen atoms in total. The molecule has 1 saturated carbocycles. The highest BCUT2D eigenvalue weighted by molar-refractivity contribution is 4.73. The van der Waals surface area contributed by atoms with E-state index in [-0.39, 0.29) is 0 Å². The lowest BCUT2D eigenvalue weighted by molar-refractivity contribution is 0.262. The van der Waals surface area contributed by atoms with Gasteiger partial charge in [0.25, 0.3) is 0 Å². The lowest BCUT2D eigenvalue weighted by Crippen LogP contribution is -2.27. The van der Waals surface area contributed by atoms with Crippen molar-refractivity contribution in [2.75, 3.05) is 13.1 Å². The van der Waals surface area contributed by atoms with Gasteiger partial charge in [-0.1, -0.05) is 78.1 Å². The molecule has 0 atom stereocenters. The smallest absolute Gasteiger partial charge is 0.00205 e. The predicted molar refractivity (Wildman–Crippen MR) is 91.2 cm³/mol. The fourth-order valence-corrected chi connectivity index (χ4v) is 3.53. The maximum absolute atomic E-state index is 3.70. The third-order valence-corrected chi connectivity index (χ3v) is 5.18. The largest absolute Gasteiger partial charge is 0.316 e. The van der Waals surface area contributed by atoms with Crippen LogP contribution in [0.15, 0.2) is 0 Å². The van der Waals surface area contributed by atoms with E-state index in [2.05, 4.69) is 19.2 Å². The third kappa shape index (κ3) is 9.00. The molecule has 0 aromatic heterocycles. The van der Waals surface area contributed by atoms with Gasteiger partial charge in [-0.15, -0.1) is 0 Å². The molecule has 0 bridgehead atoms. The highest BCUT2D eigenvalue weighted by Crippen LogP contribution is 2.30. The van der Waals surface area contributed by atoms with Gasteiger partial charge in [0.05, 0.1) is 0 Å². The lowest BCUT2D eigenvalue weighted by Gasteiger charge is -2.27. The van der Waals surface area contributed by atoms with E-state index in [1.54, 1.807) is 0 Å². The third-order valence-electron chi connectivity index (χ3n) is 5.18. The Morgan fingerprint density at radius 1 is 0.700 bits per heavy atom. The zero-order valence-corrected chi connectivity index (χ0v) is 14.3. The van der Waals surface area contributed by atoms with Crippen LogP contribution in [0.4, 0.5) is 0 Å². The zero-order valence-electron chi connectivity index (χ0n) is 14.3. The Morgan fingerprint density at radius 2 is 1.25 bits per heavy atom. The van der Waals surface area contributed by atoms with Crippen molar-refractivity contribution in [3.63, 3.8) is 0 Å². The van der Waals surface area contributed by atoms with Crippen LogP contribution in [0.3, 0.4) is 0 Å². The van der Waals surface area contributed by atoms with Gasteiger partial charge in [-0.3, -0.25) is 0 Å². The molecule has 0 aromatic carbocycles. The fourth-order valence-electron chi connectivity index (χ4n) is 3.53. The Hall–Kier alpha value is -0.0400. The van der Waals surface area contributed by atoms with Crippen molar-refractivity contribution in [1.29, 1.82) is 0 Å². The van der Waals surface area contributed by atoms with Crippen molar-refractivity contribution < 1.29 is 0 Å². The van der Waals surface area contributed by atoms with Crippen LogP contribution in [0.1, 0.15) is 97.3 Å². The van der Waals surface area contributed by atoms with Gasteiger partial charge in [-0.2, -0.15) is 0 Å². The molecule has 20 heavy (non-hydrogen) atoms. The Labute approximate surface area is 128 Å². The minimum atomic E-state index is 0.979. The van der Waals surface area contributed by atoms with Crippen molar-refractivity contribution in [3.8, 4) is 0 Å². The van der Waals surface area contributed by atoms with Crippen LogP contribution >= 0.6 is 0 Å². The summed E-state index contributed by atoms with van der Waals surface area (Å²) in [5.74, 6) is 2.02. The van der Waals surface area contributed by atoms with E-state index >= 15 is 0 Å². The SMILES string of the molecule is CCCCCCCCCCNCC1CCC(CC)CC1. The first-order valence-electron chi connectivity index (χ1n) is 9.57. The summed E-state index contributed by atoms with van der Waals surface area (Å²) >= 11 is 0. The summed E-state index contributed by atoms with van der Waals surface area (Å²) in [7, 11) is 0. The molecule has 0 spiro atoms. The summed E-state index contributed by atoms with van der Waals surface area (Å²) in [5, 5.41) is 3.70. The Balaban J connectivity index is 1.79. The van der Waals surface area contributed by atoms with Crippen LogP contribution in [0.2, 0.25) is 0 Å². The molecule has 1 heteroatoms. The van der Waals surface area contributed by atoms with Crippen LogP contribution in [0.5, 0.6) is 0 Å². The summed E-state index contributed by atoms with van der Waals surface area (Å²) in [6.45, 7) is 7.18. The van der Waals surface area contributed by atoms with E-state index in [1.165, 1.54) is 96.6 Å². The summed E-state index contributed by atoms with van der Waals surface area (Å²) in [6.07, 6.45) is 18.8. The molecule has 0 aliphatic heterocycles. The van der Waals surface area contributed by atoms with Crippen LogP contribution in [-0.4, -0.2) is 13.1 Å².